The van der Waals surface area contributed by atoms with E-state index < -0.39 is 35.8 Å². The highest BCUT2D eigenvalue weighted by Gasteiger charge is 2.42. The highest BCUT2D eigenvalue weighted by molar-refractivity contribution is 14.1. The number of carbonyl (C=O) groups is 4. The number of nitrogens with zero attached hydrogens (tertiary/aromatic N) is 1. The Morgan fingerprint density at radius 1 is 1.21 bits per heavy atom. The topological polar surface area (TPSA) is 142 Å². The molecular weight excluding hydrogens is 619 g/mol. The van der Waals surface area contributed by atoms with E-state index >= 15 is 0 Å². The number of halogens is 1. The third-order valence-electron chi connectivity index (χ3n) is 6.27. The van der Waals surface area contributed by atoms with Crippen LogP contribution in [0.4, 0.5) is 0 Å². The number of aliphatic hydroxyl groups is 2. The van der Waals surface area contributed by atoms with Gasteiger partial charge in [0.2, 0.25) is 11.7 Å². The Balaban J connectivity index is 2.06. The lowest BCUT2D eigenvalue weighted by molar-refractivity contribution is -0.149. The summed E-state index contributed by atoms with van der Waals surface area (Å²) in [7, 11) is 1.41. The van der Waals surface area contributed by atoms with Crippen molar-refractivity contribution in [3.63, 3.8) is 0 Å². The number of hydrogen-bond acceptors (Lipinski definition) is 8. The van der Waals surface area contributed by atoms with Crippen LogP contribution in [0.2, 0.25) is 0 Å². The van der Waals surface area contributed by atoms with Gasteiger partial charge in [-0.1, -0.05) is 37.3 Å². The second kappa shape index (κ2) is 14.2. The van der Waals surface area contributed by atoms with Crippen LogP contribution in [0.3, 0.4) is 0 Å². The highest BCUT2D eigenvalue weighted by atomic mass is 127. The van der Waals surface area contributed by atoms with Crippen molar-refractivity contribution in [2.75, 3.05) is 20.3 Å². The van der Waals surface area contributed by atoms with Crippen LogP contribution < -0.4 is 14.8 Å². The Morgan fingerprint density at radius 2 is 1.92 bits per heavy atom. The third kappa shape index (κ3) is 7.43. The maximum absolute atomic E-state index is 13.3. The molecule has 0 saturated carbocycles. The normalized spacial score (nSPS) is 18.5. The van der Waals surface area contributed by atoms with Crippen molar-refractivity contribution >= 4 is 46.5 Å². The summed E-state index contributed by atoms with van der Waals surface area (Å²) in [5.41, 5.74) is 1.32. The summed E-state index contributed by atoms with van der Waals surface area (Å²) in [6.45, 7) is 1.34. The van der Waals surface area contributed by atoms with Crippen LogP contribution in [-0.2, 0) is 20.9 Å². The first-order valence-corrected chi connectivity index (χ1v) is 13.5. The molecule has 0 aliphatic heterocycles. The Bertz CT molecular complexity index is 1230. The molecule has 11 heteroatoms. The predicted molar refractivity (Wildman–Crippen MR) is 150 cm³/mol. The summed E-state index contributed by atoms with van der Waals surface area (Å²) in [5.74, 6) is -1.41. The summed E-state index contributed by atoms with van der Waals surface area (Å²) in [5, 5.41) is 23.3. The van der Waals surface area contributed by atoms with Gasteiger partial charge in [-0.25, -0.2) is 0 Å². The first-order chi connectivity index (χ1) is 18.7. The first kappa shape index (κ1) is 30.3. The number of methoxy groups -OCH3 is 1. The van der Waals surface area contributed by atoms with E-state index in [0.29, 0.717) is 15.4 Å². The molecule has 1 aliphatic carbocycles. The molecule has 10 nitrogen and oxygen atoms in total. The summed E-state index contributed by atoms with van der Waals surface area (Å²) in [6.07, 6.45) is -0.392. The van der Waals surface area contributed by atoms with Crippen molar-refractivity contribution in [3.8, 4) is 11.5 Å². The number of rotatable bonds is 12. The molecule has 2 amide bonds. The molecular formula is C28H31IN2O8. The molecule has 3 unspecified atom stereocenters. The van der Waals surface area contributed by atoms with Gasteiger partial charge >= 0.3 is 0 Å². The van der Waals surface area contributed by atoms with Crippen molar-refractivity contribution in [2.45, 2.75) is 44.6 Å². The fraction of sp³-hybridized carbons (Fsp3) is 0.357. The number of ether oxygens (including phenoxy) is 2. The first-order valence-electron chi connectivity index (χ1n) is 12.4. The second-order valence-corrected chi connectivity index (χ2v) is 10.0. The Labute approximate surface area is 240 Å². The van der Waals surface area contributed by atoms with Gasteiger partial charge in [0.25, 0.3) is 5.91 Å². The van der Waals surface area contributed by atoms with Crippen molar-refractivity contribution < 1.29 is 38.9 Å². The average Bonchev–Trinajstić information content (AvgIpc) is 2.96. The Kier molecular flexibility index (Phi) is 11.0. The molecule has 0 spiro atoms. The van der Waals surface area contributed by atoms with Crippen molar-refractivity contribution in [2.24, 2.45) is 0 Å². The molecule has 0 fully saturated rings. The largest absolute Gasteiger partial charge is 0.493 e. The average molecular weight is 650 g/mol. The van der Waals surface area contributed by atoms with Gasteiger partial charge in [-0.2, -0.15) is 0 Å². The molecule has 1 aliphatic rings. The summed E-state index contributed by atoms with van der Waals surface area (Å²) < 4.78 is 12.1. The van der Waals surface area contributed by atoms with E-state index in [4.69, 9.17) is 14.6 Å². The van der Waals surface area contributed by atoms with Gasteiger partial charge in [-0.3, -0.25) is 19.2 Å². The zero-order valence-electron chi connectivity index (χ0n) is 21.6. The molecule has 3 N–H and O–H groups in total. The third-order valence-corrected chi connectivity index (χ3v) is 7.07. The molecule has 0 radical (unpaired) electrons. The van der Waals surface area contributed by atoms with Gasteiger partial charge in [0, 0.05) is 37.1 Å². The minimum Gasteiger partial charge on any atom is -0.493 e. The Hall–Kier alpha value is -3.29. The SMILES string of the molecule is CCC(=O)C(=O)N(Cc1ccccc1)C1CC(C(=O)NCCO)=CC(Oc2c(I)cc(C=O)cc2OC)C1O. The molecule has 208 valence electrons. The zero-order valence-corrected chi connectivity index (χ0v) is 23.8. The fourth-order valence-electron chi connectivity index (χ4n) is 4.27. The number of Topliss-reactive ketones (excluding diaryl/α,β-unsaturated/α-hetero) is 1. The van der Waals surface area contributed by atoms with E-state index in [-0.39, 0.29) is 49.6 Å². The number of carbonyl (C=O) groups excluding carboxylic acids is 4. The van der Waals surface area contributed by atoms with Crippen LogP contribution in [0.1, 0.15) is 35.7 Å². The van der Waals surface area contributed by atoms with Crippen LogP contribution in [-0.4, -0.2) is 77.5 Å². The van der Waals surface area contributed by atoms with Crippen molar-refractivity contribution in [1.82, 2.24) is 10.2 Å². The molecule has 39 heavy (non-hydrogen) atoms. The quantitative estimate of drug-likeness (QED) is 0.180. The number of nitrogens with one attached hydrogen (secondary N) is 1. The molecule has 0 bridgehead atoms. The van der Waals surface area contributed by atoms with Crippen LogP contribution in [0.5, 0.6) is 11.5 Å². The minimum atomic E-state index is -1.33. The zero-order chi connectivity index (χ0) is 28.5. The molecule has 0 saturated heterocycles. The lowest BCUT2D eigenvalue weighted by Gasteiger charge is -2.40. The number of aldehydes is 1. The molecule has 0 heterocycles. The second-order valence-electron chi connectivity index (χ2n) is 8.86. The smallest absolute Gasteiger partial charge is 0.290 e. The van der Waals surface area contributed by atoms with Crippen molar-refractivity contribution in [3.05, 3.63) is 68.8 Å². The van der Waals surface area contributed by atoms with Crippen LogP contribution in [0.15, 0.2) is 54.1 Å². The van der Waals surface area contributed by atoms with E-state index in [1.165, 1.54) is 24.2 Å². The number of aliphatic hydroxyl groups excluding tert-OH is 2. The lowest BCUT2D eigenvalue weighted by Crippen LogP contribution is -2.56. The molecule has 3 atom stereocenters. The number of amides is 2. The van der Waals surface area contributed by atoms with Gasteiger partial charge in [-0.05, 0) is 46.4 Å². The molecule has 2 aromatic carbocycles. The van der Waals surface area contributed by atoms with Crippen LogP contribution in [0, 0.1) is 3.57 Å². The lowest BCUT2D eigenvalue weighted by atomic mass is 9.87. The van der Waals surface area contributed by atoms with Crippen molar-refractivity contribution in [1.29, 1.82) is 0 Å². The summed E-state index contributed by atoms with van der Waals surface area (Å²) >= 11 is 1.97. The number of benzene rings is 2. The number of hydrogen-bond donors (Lipinski definition) is 3. The molecule has 0 aromatic heterocycles. The summed E-state index contributed by atoms with van der Waals surface area (Å²) in [4.78, 5) is 51.4. The van der Waals surface area contributed by atoms with E-state index in [1.54, 1.807) is 37.3 Å². The van der Waals surface area contributed by atoms with Gasteiger partial charge in [-0.15, -0.1) is 0 Å². The van der Waals surface area contributed by atoms with E-state index in [9.17, 15) is 24.3 Å². The van der Waals surface area contributed by atoms with Gasteiger partial charge in [0.15, 0.2) is 11.5 Å². The molecule has 2 aromatic rings. The fourth-order valence-corrected chi connectivity index (χ4v) is 5.02. The van der Waals surface area contributed by atoms with Gasteiger partial charge < -0.3 is 29.9 Å². The summed E-state index contributed by atoms with van der Waals surface area (Å²) in [6, 6.07) is 11.1. The van der Waals surface area contributed by atoms with Gasteiger partial charge in [0.05, 0.1) is 23.3 Å². The van der Waals surface area contributed by atoms with Crippen LogP contribution >= 0.6 is 22.6 Å². The van der Waals surface area contributed by atoms with Crippen LogP contribution in [0.25, 0.3) is 0 Å². The van der Waals surface area contributed by atoms with E-state index in [1.807, 2.05) is 28.7 Å². The number of ketones is 1. The maximum atomic E-state index is 13.3. The van der Waals surface area contributed by atoms with E-state index in [0.717, 1.165) is 5.56 Å². The van der Waals surface area contributed by atoms with Gasteiger partial charge in [0.1, 0.15) is 18.5 Å². The maximum Gasteiger partial charge on any atom is 0.290 e. The predicted octanol–water partition coefficient (Wildman–Crippen LogP) is 2.04. The monoisotopic (exact) mass is 650 g/mol. The minimum absolute atomic E-state index is 0.00871. The highest BCUT2D eigenvalue weighted by Crippen LogP contribution is 2.37. The standard InChI is InChI=1S/C28H31IN2O8/c1-3-22(34)28(37)31(15-17-7-5-4-6-8-17)21-13-19(27(36)30-9-10-32)14-23(25(21)35)39-26-20(29)11-18(16-33)12-24(26)38-2/h4-8,11-12,14,16,21,23,25,32,35H,3,9-10,13,15H2,1-2H3,(H,30,36). The van der Waals surface area contributed by atoms with E-state index in [2.05, 4.69) is 5.32 Å². The molecule has 3 rings (SSSR count). The Morgan fingerprint density at radius 3 is 2.54 bits per heavy atom.